The van der Waals surface area contributed by atoms with Crippen molar-refractivity contribution in [1.29, 1.82) is 0 Å². The molecule has 0 aliphatic carbocycles. The van der Waals surface area contributed by atoms with Crippen LogP contribution in [0.5, 0.6) is 0 Å². The number of carbonyl (C=O) groups is 1. The highest BCUT2D eigenvalue weighted by atomic mass is 16.2. The van der Waals surface area contributed by atoms with Crippen molar-refractivity contribution >= 4 is 5.91 Å². The normalized spacial score (nSPS) is 11.6. The molecule has 0 aliphatic rings. The molecule has 0 fully saturated rings. The van der Waals surface area contributed by atoms with Gasteiger partial charge in [0, 0.05) is 11.6 Å². The van der Waals surface area contributed by atoms with Crippen molar-refractivity contribution in [2.24, 2.45) is 11.3 Å². The summed E-state index contributed by atoms with van der Waals surface area (Å²) in [5.74, 6) is 0.393. The monoisotopic (exact) mass is 220 g/mol. The maximum Gasteiger partial charge on any atom is 0.226 e. The van der Waals surface area contributed by atoms with Crippen LogP contribution in [0.15, 0.2) is 24.4 Å². The van der Waals surface area contributed by atoms with E-state index in [1.807, 2.05) is 32.0 Å². The molecule has 3 heteroatoms. The number of carbonyl (C=O) groups excluding carboxylic acids is 1. The third kappa shape index (κ3) is 3.05. The molecule has 1 amide bonds. The largest absolute Gasteiger partial charge is 0.350 e. The fraction of sp³-hybridized carbons (Fsp3) is 0.538. The van der Waals surface area contributed by atoms with E-state index in [9.17, 15) is 4.79 Å². The van der Waals surface area contributed by atoms with Crippen molar-refractivity contribution in [3.63, 3.8) is 0 Å². The second-order valence-corrected chi connectivity index (χ2v) is 4.88. The first-order chi connectivity index (χ1) is 7.44. The Morgan fingerprint density at radius 2 is 2.12 bits per heavy atom. The molecule has 1 rings (SSSR count). The molecule has 88 valence electrons. The van der Waals surface area contributed by atoms with Crippen molar-refractivity contribution in [2.75, 3.05) is 0 Å². The Balaban J connectivity index is 2.54. The van der Waals surface area contributed by atoms with Crippen LogP contribution in [0.3, 0.4) is 0 Å². The predicted molar refractivity (Wildman–Crippen MR) is 64.7 cm³/mol. The smallest absolute Gasteiger partial charge is 0.226 e. The molecule has 16 heavy (non-hydrogen) atoms. The maximum absolute atomic E-state index is 11.9. The molecule has 0 radical (unpaired) electrons. The minimum absolute atomic E-state index is 0.0770. The van der Waals surface area contributed by atoms with Crippen molar-refractivity contribution in [2.45, 2.75) is 34.2 Å². The number of hydrogen-bond donors (Lipinski definition) is 1. The van der Waals surface area contributed by atoms with Gasteiger partial charge in [0.05, 0.1) is 12.2 Å². The van der Waals surface area contributed by atoms with Gasteiger partial charge < -0.3 is 5.32 Å². The molecule has 0 unspecified atom stereocenters. The molecule has 0 aromatic carbocycles. The minimum atomic E-state index is -0.339. The zero-order chi connectivity index (χ0) is 12.2. The molecule has 0 saturated heterocycles. The lowest BCUT2D eigenvalue weighted by atomic mass is 9.80. The van der Waals surface area contributed by atoms with E-state index in [1.165, 1.54) is 0 Å². The third-order valence-electron chi connectivity index (χ3n) is 3.18. The zero-order valence-electron chi connectivity index (χ0n) is 10.4. The van der Waals surface area contributed by atoms with Crippen LogP contribution in [0.25, 0.3) is 0 Å². The van der Waals surface area contributed by atoms with Gasteiger partial charge in [-0.2, -0.15) is 0 Å². The highest BCUT2D eigenvalue weighted by molar-refractivity contribution is 5.81. The molecule has 0 atom stereocenters. The second kappa shape index (κ2) is 5.10. The van der Waals surface area contributed by atoms with Crippen LogP contribution in [0.1, 0.15) is 33.4 Å². The Kier molecular flexibility index (Phi) is 4.05. The lowest BCUT2D eigenvalue weighted by Gasteiger charge is -2.27. The van der Waals surface area contributed by atoms with Gasteiger partial charge in [-0.05, 0) is 18.1 Å². The number of hydrogen-bond acceptors (Lipinski definition) is 2. The number of nitrogens with one attached hydrogen (secondary N) is 1. The first kappa shape index (κ1) is 12.7. The van der Waals surface area contributed by atoms with Gasteiger partial charge >= 0.3 is 0 Å². The summed E-state index contributed by atoms with van der Waals surface area (Å²) in [6, 6.07) is 5.69. The van der Waals surface area contributed by atoms with Gasteiger partial charge in [-0.25, -0.2) is 0 Å². The Hall–Kier alpha value is -1.38. The van der Waals surface area contributed by atoms with Crippen LogP contribution in [-0.4, -0.2) is 10.9 Å². The molecule has 1 aromatic rings. The molecule has 0 aliphatic heterocycles. The van der Waals surface area contributed by atoms with Gasteiger partial charge in [-0.15, -0.1) is 0 Å². The van der Waals surface area contributed by atoms with Gasteiger partial charge in [0.15, 0.2) is 0 Å². The quantitative estimate of drug-likeness (QED) is 0.846. The summed E-state index contributed by atoms with van der Waals surface area (Å²) in [6.45, 7) is 8.54. The third-order valence-corrected chi connectivity index (χ3v) is 3.18. The van der Waals surface area contributed by atoms with Gasteiger partial charge in [0.25, 0.3) is 0 Å². The fourth-order valence-electron chi connectivity index (χ4n) is 1.16. The van der Waals surface area contributed by atoms with Gasteiger partial charge in [0.2, 0.25) is 5.91 Å². The van der Waals surface area contributed by atoms with Gasteiger partial charge in [-0.3, -0.25) is 9.78 Å². The number of aromatic nitrogens is 1. The van der Waals surface area contributed by atoms with E-state index in [0.29, 0.717) is 12.5 Å². The van der Waals surface area contributed by atoms with Gasteiger partial charge in [0.1, 0.15) is 0 Å². The number of nitrogens with zero attached hydrogens (tertiary/aromatic N) is 1. The Bertz CT molecular complexity index is 344. The van der Waals surface area contributed by atoms with E-state index >= 15 is 0 Å². The van der Waals surface area contributed by atoms with Crippen LogP contribution >= 0.6 is 0 Å². The number of rotatable bonds is 4. The van der Waals surface area contributed by atoms with Crippen molar-refractivity contribution in [3.8, 4) is 0 Å². The molecular weight excluding hydrogens is 200 g/mol. The Morgan fingerprint density at radius 1 is 1.44 bits per heavy atom. The molecule has 0 spiro atoms. The molecule has 0 bridgehead atoms. The van der Waals surface area contributed by atoms with E-state index in [-0.39, 0.29) is 11.3 Å². The molecule has 1 heterocycles. The summed E-state index contributed by atoms with van der Waals surface area (Å²) < 4.78 is 0. The molecule has 0 saturated carbocycles. The van der Waals surface area contributed by atoms with Crippen LogP contribution in [0, 0.1) is 11.3 Å². The van der Waals surface area contributed by atoms with Crippen LogP contribution in [0.4, 0.5) is 0 Å². The summed E-state index contributed by atoms with van der Waals surface area (Å²) in [5, 5.41) is 2.92. The van der Waals surface area contributed by atoms with Crippen molar-refractivity contribution in [1.82, 2.24) is 10.3 Å². The molecule has 1 N–H and O–H groups in total. The molecule has 3 nitrogen and oxygen atoms in total. The van der Waals surface area contributed by atoms with Crippen LogP contribution < -0.4 is 5.32 Å². The first-order valence-electron chi connectivity index (χ1n) is 5.63. The van der Waals surface area contributed by atoms with Crippen LogP contribution in [-0.2, 0) is 11.3 Å². The van der Waals surface area contributed by atoms with Gasteiger partial charge in [-0.1, -0.05) is 33.8 Å². The van der Waals surface area contributed by atoms with E-state index in [2.05, 4.69) is 24.1 Å². The van der Waals surface area contributed by atoms with Crippen LogP contribution in [0.2, 0.25) is 0 Å². The Morgan fingerprint density at radius 3 is 2.62 bits per heavy atom. The van der Waals surface area contributed by atoms with E-state index in [4.69, 9.17) is 0 Å². The maximum atomic E-state index is 11.9. The number of amides is 1. The standard InChI is InChI=1S/C13H20N2O/c1-10(2)13(3,4)12(16)15-9-11-7-5-6-8-14-11/h5-8,10H,9H2,1-4H3,(H,15,16). The lowest BCUT2D eigenvalue weighted by Crippen LogP contribution is -2.40. The summed E-state index contributed by atoms with van der Waals surface area (Å²) in [6.07, 6.45) is 1.73. The number of pyridine rings is 1. The SMILES string of the molecule is CC(C)C(C)(C)C(=O)NCc1ccccn1. The highest BCUT2D eigenvalue weighted by Gasteiger charge is 2.30. The van der Waals surface area contributed by atoms with E-state index in [1.54, 1.807) is 6.20 Å². The fourth-order valence-corrected chi connectivity index (χ4v) is 1.16. The lowest BCUT2D eigenvalue weighted by molar-refractivity contribution is -0.131. The van der Waals surface area contributed by atoms with E-state index < -0.39 is 0 Å². The average Bonchev–Trinajstić information content (AvgIpc) is 2.27. The Labute approximate surface area is 97.3 Å². The molecular formula is C13H20N2O. The summed E-state index contributed by atoms with van der Waals surface area (Å²) in [7, 11) is 0. The summed E-state index contributed by atoms with van der Waals surface area (Å²) in [5.41, 5.74) is 0.546. The first-order valence-corrected chi connectivity index (χ1v) is 5.63. The molecule has 1 aromatic heterocycles. The van der Waals surface area contributed by atoms with Crippen molar-refractivity contribution < 1.29 is 4.79 Å². The van der Waals surface area contributed by atoms with Crippen molar-refractivity contribution in [3.05, 3.63) is 30.1 Å². The summed E-state index contributed by atoms with van der Waals surface area (Å²) >= 11 is 0. The highest BCUT2D eigenvalue weighted by Crippen LogP contribution is 2.25. The predicted octanol–water partition coefficient (Wildman–Crippen LogP) is 2.38. The zero-order valence-corrected chi connectivity index (χ0v) is 10.4. The topological polar surface area (TPSA) is 42.0 Å². The second-order valence-electron chi connectivity index (χ2n) is 4.88. The minimum Gasteiger partial charge on any atom is -0.350 e. The summed E-state index contributed by atoms with van der Waals surface area (Å²) in [4.78, 5) is 16.1. The average molecular weight is 220 g/mol. The van der Waals surface area contributed by atoms with E-state index in [0.717, 1.165) is 5.69 Å².